The Bertz CT molecular complexity index is 431. The van der Waals surface area contributed by atoms with Gasteiger partial charge < -0.3 is 9.84 Å². The van der Waals surface area contributed by atoms with Crippen LogP contribution in [-0.4, -0.2) is 23.2 Å². The van der Waals surface area contributed by atoms with E-state index in [1.165, 1.54) is 0 Å². The fourth-order valence-corrected chi connectivity index (χ4v) is 2.41. The van der Waals surface area contributed by atoms with E-state index in [4.69, 9.17) is 4.52 Å². The summed E-state index contributed by atoms with van der Waals surface area (Å²) in [6.07, 6.45) is 1.09. The van der Waals surface area contributed by atoms with Crippen molar-refractivity contribution < 1.29 is 4.52 Å². The molecule has 0 radical (unpaired) electrons. The molecule has 0 amide bonds. The first-order valence-electron chi connectivity index (χ1n) is 5.00. The van der Waals surface area contributed by atoms with Crippen LogP contribution in [0.3, 0.4) is 0 Å². The van der Waals surface area contributed by atoms with Crippen molar-refractivity contribution in [1.29, 1.82) is 0 Å². The van der Waals surface area contributed by atoms with Crippen LogP contribution in [0.5, 0.6) is 0 Å². The summed E-state index contributed by atoms with van der Waals surface area (Å²) in [6.45, 7) is 1.99. The first kappa shape index (κ1) is 9.06. The zero-order chi connectivity index (χ0) is 10.1. The molecule has 1 unspecified atom stereocenters. The van der Waals surface area contributed by atoms with Crippen LogP contribution in [0.25, 0.3) is 11.4 Å². The van der Waals surface area contributed by atoms with Gasteiger partial charge in [-0.05, 0) is 24.4 Å². The zero-order valence-corrected chi connectivity index (χ0v) is 8.96. The molecule has 4 nitrogen and oxygen atoms in total. The third kappa shape index (κ3) is 1.68. The average molecular weight is 221 g/mol. The summed E-state index contributed by atoms with van der Waals surface area (Å²) in [5.41, 5.74) is 1.04. The summed E-state index contributed by atoms with van der Waals surface area (Å²) in [7, 11) is 0. The molecule has 1 N–H and O–H groups in total. The molecule has 2 aromatic heterocycles. The molecule has 1 aliphatic rings. The van der Waals surface area contributed by atoms with Gasteiger partial charge in [0, 0.05) is 17.5 Å². The highest BCUT2D eigenvalue weighted by Gasteiger charge is 2.22. The molecule has 0 aromatic carbocycles. The predicted molar refractivity (Wildman–Crippen MR) is 57.8 cm³/mol. The van der Waals surface area contributed by atoms with Crippen LogP contribution in [0.4, 0.5) is 0 Å². The smallest absolute Gasteiger partial charge is 0.231 e. The SMILES string of the molecule is c1cc(-c2noc(C3CCNC3)n2)cs1. The molecule has 3 heterocycles. The molecule has 1 fully saturated rings. The quantitative estimate of drug-likeness (QED) is 0.841. The molecule has 0 bridgehead atoms. The van der Waals surface area contributed by atoms with Crippen molar-refractivity contribution in [2.75, 3.05) is 13.1 Å². The van der Waals surface area contributed by atoms with Gasteiger partial charge in [-0.3, -0.25) is 0 Å². The third-order valence-electron chi connectivity index (χ3n) is 2.63. The van der Waals surface area contributed by atoms with Crippen molar-refractivity contribution in [1.82, 2.24) is 15.5 Å². The number of nitrogens with one attached hydrogen (secondary N) is 1. The number of hydrogen-bond donors (Lipinski definition) is 1. The second-order valence-electron chi connectivity index (χ2n) is 3.66. The van der Waals surface area contributed by atoms with Gasteiger partial charge in [-0.15, -0.1) is 0 Å². The van der Waals surface area contributed by atoms with E-state index in [9.17, 15) is 0 Å². The first-order chi connectivity index (χ1) is 7.43. The molecule has 3 rings (SSSR count). The van der Waals surface area contributed by atoms with E-state index in [0.29, 0.717) is 11.7 Å². The van der Waals surface area contributed by atoms with Crippen LogP contribution in [0.2, 0.25) is 0 Å². The summed E-state index contributed by atoms with van der Waals surface area (Å²) >= 11 is 1.64. The topological polar surface area (TPSA) is 51.0 Å². The molecule has 1 saturated heterocycles. The average Bonchev–Trinajstić information content (AvgIpc) is 3.02. The Balaban J connectivity index is 1.87. The second kappa shape index (κ2) is 3.75. The van der Waals surface area contributed by atoms with Crippen LogP contribution >= 0.6 is 11.3 Å². The minimum absolute atomic E-state index is 0.393. The van der Waals surface area contributed by atoms with Gasteiger partial charge in [-0.25, -0.2) is 0 Å². The Morgan fingerprint density at radius 2 is 2.53 bits per heavy atom. The van der Waals surface area contributed by atoms with E-state index < -0.39 is 0 Å². The lowest BCUT2D eigenvalue weighted by Crippen LogP contribution is -2.08. The third-order valence-corrected chi connectivity index (χ3v) is 3.31. The number of rotatable bonds is 2. The van der Waals surface area contributed by atoms with Gasteiger partial charge in [0.1, 0.15) is 0 Å². The van der Waals surface area contributed by atoms with Gasteiger partial charge >= 0.3 is 0 Å². The van der Waals surface area contributed by atoms with Crippen molar-refractivity contribution in [3.63, 3.8) is 0 Å². The van der Waals surface area contributed by atoms with Gasteiger partial charge in [-0.2, -0.15) is 16.3 Å². The molecule has 78 valence electrons. The van der Waals surface area contributed by atoms with E-state index in [0.717, 1.165) is 31.0 Å². The number of hydrogen-bond acceptors (Lipinski definition) is 5. The molecule has 0 aliphatic carbocycles. The first-order valence-corrected chi connectivity index (χ1v) is 5.94. The minimum atomic E-state index is 0.393. The number of nitrogens with zero attached hydrogens (tertiary/aromatic N) is 2. The lowest BCUT2D eigenvalue weighted by molar-refractivity contribution is 0.359. The fourth-order valence-electron chi connectivity index (χ4n) is 1.78. The van der Waals surface area contributed by atoms with Gasteiger partial charge in [0.15, 0.2) is 0 Å². The molecule has 5 heteroatoms. The molecule has 15 heavy (non-hydrogen) atoms. The van der Waals surface area contributed by atoms with E-state index in [1.807, 2.05) is 16.8 Å². The van der Waals surface area contributed by atoms with Crippen molar-refractivity contribution >= 4 is 11.3 Å². The second-order valence-corrected chi connectivity index (χ2v) is 4.44. The monoisotopic (exact) mass is 221 g/mol. The number of thiophene rings is 1. The van der Waals surface area contributed by atoms with Crippen LogP contribution < -0.4 is 5.32 Å². The normalized spacial score (nSPS) is 20.9. The Morgan fingerprint density at radius 1 is 1.53 bits per heavy atom. The Hall–Kier alpha value is -1.20. The van der Waals surface area contributed by atoms with E-state index in [-0.39, 0.29) is 0 Å². The van der Waals surface area contributed by atoms with Gasteiger partial charge in [-0.1, -0.05) is 5.16 Å². The zero-order valence-electron chi connectivity index (χ0n) is 8.14. The maximum absolute atomic E-state index is 5.28. The largest absolute Gasteiger partial charge is 0.339 e. The Morgan fingerprint density at radius 3 is 3.27 bits per heavy atom. The highest BCUT2D eigenvalue weighted by Crippen LogP contribution is 2.24. The molecule has 0 saturated carbocycles. The maximum atomic E-state index is 5.28. The van der Waals surface area contributed by atoms with Crippen LogP contribution in [0, 0.1) is 0 Å². The number of aromatic nitrogens is 2. The molecule has 2 aromatic rings. The van der Waals surface area contributed by atoms with Crippen molar-refractivity contribution in [2.45, 2.75) is 12.3 Å². The standard InChI is InChI=1S/C10H11N3OS/c1-3-11-5-7(1)10-12-9(13-14-10)8-2-4-15-6-8/h2,4,6-7,11H,1,3,5H2. The highest BCUT2D eigenvalue weighted by atomic mass is 32.1. The summed E-state index contributed by atoms with van der Waals surface area (Å²) < 4.78 is 5.28. The molecule has 0 spiro atoms. The minimum Gasteiger partial charge on any atom is -0.339 e. The lowest BCUT2D eigenvalue weighted by atomic mass is 10.1. The molecular weight excluding hydrogens is 210 g/mol. The fraction of sp³-hybridized carbons (Fsp3) is 0.400. The lowest BCUT2D eigenvalue weighted by Gasteiger charge is -1.98. The highest BCUT2D eigenvalue weighted by molar-refractivity contribution is 7.08. The predicted octanol–water partition coefficient (Wildman–Crippen LogP) is 1.87. The van der Waals surface area contributed by atoms with E-state index in [2.05, 4.69) is 15.5 Å². The molecular formula is C10H11N3OS. The van der Waals surface area contributed by atoms with Crippen LogP contribution in [0.1, 0.15) is 18.2 Å². The van der Waals surface area contributed by atoms with E-state index >= 15 is 0 Å². The molecule has 1 aliphatic heterocycles. The van der Waals surface area contributed by atoms with Crippen molar-refractivity contribution in [3.05, 3.63) is 22.7 Å². The Labute approximate surface area is 91.3 Å². The van der Waals surface area contributed by atoms with Gasteiger partial charge in [0.05, 0.1) is 5.92 Å². The van der Waals surface area contributed by atoms with Gasteiger partial charge in [0.25, 0.3) is 0 Å². The molecule has 1 atom stereocenters. The van der Waals surface area contributed by atoms with Crippen LogP contribution in [-0.2, 0) is 0 Å². The maximum Gasteiger partial charge on any atom is 0.231 e. The summed E-state index contributed by atoms with van der Waals surface area (Å²) in [5.74, 6) is 1.87. The van der Waals surface area contributed by atoms with E-state index in [1.54, 1.807) is 11.3 Å². The summed E-state index contributed by atoms with van der Waals surface area (Å²) in [4.78, 5) is 4.42. The Kier molecular flexibility index (Phi) is 2.26. The summed E-state index contributed by atoms with van der Waals surface area (Å²) in [5, 5.41) is 11.3. The summed E-state index contributed by atoms with van der Waals surface area (Å²) in [6, 6.07) is 2.01. The van der Waals surface area contributed by atoms with Gasteiger partial charge in [0.2, 0.25) is 11.7 Å². The van der Waals surface area contributed by atoms with Crippen molar-refractivity contribution in [2.24, 2.45) is 0 Å². The van der Waals surface area contributed by atoms with Crippen molar-refractivity contribution in [3.8, 4) is 11.4 Å². The van der Waals surface area contributed by atoms with Crippen LogP contribution in [0.15, 0.2) is 21.3 Å².